The highest BCUT2D eigenvalue weighted by molar-refractivity contribution is 6.33. The van der Waals surface area contributed by atoms with Crippen LogP contribution in [0, 0.1) is 0 Å². The van der Waals surface area contributed by atoms with Crippen molar-refractivity contribution in [2.24, 2.45) is 0 Å². The van der Waals surface area contributed by atoms with Crippen molar-refractivity contribution in [1.29, 1.82) is 0 Å². The molecule has 3 nitrogen and oxygen atoms in total. The first-order valence-corrected chi connectivity index (χ1v) is 4.79. The van der Waals surface area contributed by atoms with Crippen LogP contribution in [0.2, 0.25) is 5.02 Å². The minimum absolute atomic E-state index is 0.0788. The minimum atomic E-state index is -1.04. The number of aromatic carboxylic acids is 1. The summed E-state index contributed by atoms with van der Waals surface area (Å²) in [5, 5.41) is 8.92. The topological polar surface area (TPSA) is 46.5 Å². The molecule has 0 atom stereocenters. The van der Waals surface area contributed by atoms with E-state index in [2.05, 4.69) is 0 Å². The summed E-state index contributed by atoms with van der Waals surface area (Å²) < 4.78 is 5.30. The predicted molar refractivity (Wildman–Crippen MR) is 58.7 cm³/mol. The molecule has 1 aromatic carbocycles. The third-order valence-corrected chi connectivity index (χ3v) is 2.07. The average Bonchev–Trinajstić information content (AvgIpc) is 2.17. The monoisotopic (exact) mass is 226 g/mol. The number of hydrogen-bond acceptors (Lipinski definition) is 2. The Balaban J connectivity index is 2.77. The Bertz CT molecular complexity index is 385. The summed E-state index contributed by atoms with van der Waals surface area (Å²) in [6.45, 7) is 2.34. The Morgan fingerprint density at radius 3 is 2.87 bits per heavy atom. The van der Waals surface area contributed by atoms with Gasteiger partial charge in [-0.15, -0.1) is 0 Å². The molecule has 0 unspecified atom stereocenters. The molecule has 0 heterocycles. The highest BCUT2D eigenvalue weighted by atomic mass is 35.5. The zero-order valence-electron chi connectivity index (χ0n) is 8.24. The van der Waals surface area contributed by atoms with E-state index in [0.29, 0.717) is 12.4 Å². The van der Waals surface area contributed by atoms with Crippen molar-refractivity contribution in [1.82, 2.24) is 0 Å². The maximum atomic E-state index is 10.7. The second-order valence-electron chi connectivity index (χ2n) is 2.83. The minimum Gasteiger partial charge on any atom is -0.489 e. The molecule has 0 saturated carbocycles. The van der Waals surface area contributed by atoms with Crippen molar-refractivity contribution in [3.8, 4) is 5.75 Å². The Morgan fingerprint density at radius 2 is 2.33 bits per heavy atom. The summed E-state index contributed by atoms with van der Waals surface area (Å²) in [6, 6.07) is 4.50. The SMILES string of the molecule is CC=CCOc1ccc(C(=O)O)c(Cl)c1. The number of benzene rings is 1. The first-order chi connectivity index (χ1) is 7.15. The molecule has 0 aliphatic rings. The number of carbonyl (C=O) groups is 1. The second kappa shape index (κ2) is 5.41. The molecule has 0 aliphatic heterocycles. The van der Waals surface area contributed by atoms with Gasteiger partial charge >= 0.3 is 5.97 Å². The molecule has 1 rings (SSSR count). The van der Waals surface area contributed by atoms with E-state index in [-0.39, 0.29) is 10.6 Å². The smallest absolute Gasteiger partial charge is 0.337 e. The Kier molecular flexibility index (Phi) is 4.18. The van der Waals surface area contributed by atoms with Gasteiger partial charge in [-0.1, -0.05) is 23.8 Å². The Labute approximate surface area is 92.9 Å². The summed E-state index contributed by atoms with van der Waals surface area (Å²) in [6.07, 6.45) is 3.71. The van der Waals surface area contributed by atoms with Crippen LogP contribution in [0.5, 0.6) is 5.75 Å². The lowest BCUT2D eigenvalue weighted by molar-refractivity contribution is 0.0697. The molecule has 0 radical (unpaired) electrons. The molecule has 0 aromatic heterocycles. The number of carboxylic acids is 1. The number of ether oxygens (including phenoxy) is 1. The fourth-order valence-electron chi connectivity index (χ4n) is 1.000. The highest BCUT2D eigenvalue weighted by Gasteiger charge is 2.08. The lowest BCUT2D eigenvalue weighted by Gasteiger charge is -2.04. The van der Waals surface area contributed by atoms with Gasteiger partial charge in [-0.25, -0.2) is 4.79 Å². The van der Waals surface area contributed by atoms with Crippen molar-refractivity contribution in [2.45, 2.75) is 6.92 Å². The van der Waals surface area contributed by atoms with E-state index in [0.717, 1.165) is 0 Å². The molecule has 1 N–H and O–H groups in total. The Hall–Kier alpha value is -1.48. The molecule has 15 heavy (non-hydrogen) atoms. The highest BCUT2D eigenvalue weighted by Crippen LogP contribution is 2.22. The largest absolute Gasteiger partial charge is 0.489 e. The van der Waals surface area contributed by atoms with E-state index in [1.54, 1.807) is 6.07 Å². The molecule has 4 heteroatoms. The average molecular weight is 227 g/mol. The molecule has 80 valence electrons. The van der Waals surface area contributed by atoms with E-state index in [9.17, 15) is 4.79 Å². The summed E-state index contributed by atoms with van der Waals surface area (Å²) >= 11 is 5.76. The van der Waals surface area contributed by atoms with Crippen molar-refractivity contribution >= 4 is 17.6 Å². The summed E-state index contributed by atoms with van der Waals surface area (Å²) in [5.74, 6) is -0.483. The van der Waals surface area contributed by atoms with E-state index in [1.165, 1.54) is 12.1 Å². The number of rotatable bonds is 4. The summed E-state index contributed by atoms with van der Waals surface area (Å²) in [7, 11) is 0. The van der Waals surface area contributed by atoms with Crippen LogP contribution in [0.3, 0.4) is 0 Å². The van der Waals surface area contributed by atoms with Crippen molar-refractivity contribution < 1.29 is 14.6 Å². The zero-order chi connectivity index (χ0) is 11.3. The maximum Gasteiger partial charge on any atom is 0.337 e. The fraction of sp³-hybridized carbons (Fsp3) is 0.182. The van der Waals surface area contributed by atoms with Gasteiger partial charge in [0.05, 0.1) is 10.6 Å². The number of allylic oxidation sites excluding steroid dienone is 1. The first kappa shape index (κ1) is 11.6. The standard InChI is InChI=1S/C11H11ClO3/c1-2-3-6-15-8-4-5-9(11(13)14)10(12)7-8/h2-5,7H,6H2,1H3,(H,13,14). The van der Waals surface area contributed by atoms with E-state index in [1.807, 2.05) is 19.1 Å². The number of hydrogen-bond donors (Lipinski definition) is 1. The van der Waals surface area contributed by atoms with Gasteiger partial charge in [-0.3, -0.25) is 0 Å². The lowest BCUT2D eigenvalue weighted by Crippen LogP contribution is -1.98. The second-order valence-corrected chi connectivity index (χ2v) is 3.23. The third kappa shape index (κ3) is 3.29. The van der Waals surface area contributed by atoms with E-state index < -0.39 is 5.97 Å². The van der Waals surface area contributed by atoms with Crippen molar-refractivity contribution in [2.75, 3.05) is 6.61 Å². The van der Waals surface area contributed by atoms with Crippen molar-refractivity contribution in [3.63, 3.8) is 0 Å². The third-order valence-electron chi connectivity index (χ3n) is 1.75. The molecule has 0 fully saturated rings. The molecular formula is C11H11ClO3. The quantitative estimate of drug-likeness (QED) is 0.803. The predicted octanol–water partition coefficient (Wildman–Crippen LogP) is 2.99. The fourth-order valence-corrected chi connectivity index (χ4v) is 1.25. The van der Waals surface area contributed by atoms with Gasteiger partial charge in [0, 0.05) is 0 Å². The van der Waals surface area contributed by atoms with Gasteiger partial charge in [0.1, 0.15) is 12.4 Å². The van der Waals surface area contributed by atoms with Gasteiger partial charge < -0.3 is 9.84 Å². The van der Waals surface area contributed by atoms with Gasteiger partial charge in [0.2, 0.25) is 0 Å². The first-order valence-electron chi connectivity index (χ1n) is 4.42. The lowest BCUT2D eigenvalue weighted by atomic mass is 10.2. The summed E-state index contributed by atoms with van der Waals surface area (Å²) in [5.41, 5.74) is 0.0788. The van der Waals surface area contributed by atoms with Crippen LogP contribution in [-0.2, 0) is 0 Å². The van der Waals surface area contributed by atoms with Crippen LogP contribution in [0.1, 0.15) is 17.3 Å². The zero-order valence-corrected chi connectivity index (χ0v) is 8.99. The van der Waals surface area contributed by atoms with Crippen LogP contribution in [-0.4, -0.2) is 17.7 Å². The number of carboxylic acid groups (broad SMARTS) is 1. The van der Waals surface area contributed by atoms with Crippen LogP contribution < -0.4 is 4.74 Å². The maximum absolute atomic E-state index is 10.7. The van der Waals surface area contributed by atoms with Gasteiger partial charge in [-0.05, 0) is 25.1 Å². The molecule has 0 saturated heterocycles. The molecule has 0 aliphatic carbocycles. The van der Waals surface area contributed by atoms with Gasteiger partial charge in [0.25, 0.3) is 0 Å². The molecule has 0 bridgehead atoms. The van der Waals surface area contributed by atoms with Crippen molar-refractivity contribution in [3.05, 3.63) is 40.9 Å². The van der Waals surface area contributed by atoms with E-state index >= 15 is 0 Å². The van der Waals surface area contributed by atoms with Gasteiger partial charge in [-0.2, -0.15) is 0 Å². The van der Waals surface area contributed by atoms with E-state index in [4.69, 9.17) is 21.4 Å². The molecule has 1 aromatic rings. The molecular weight excluding hydrogens is 216 g/mol. The molecule has 0 spiro atoms. The number of halogens is 1. The van der Waals surface area contributed by atoms with Crippen LogP contribution >= 0.6 is 11.6 Å². The Morgan fingerprint density at radius 1 is 1.60 bits per heavy atom. The van der Waals surface area contributed by atoms with Crippen LogP contribution in [0.25, 0.3) is 0 Å². The van der Waals surface area contributed by atoms with Crippen LogP contribution in [0.15, 0.2) is 30.4 Å². The summed E-state index contributed by atoms with van der Waals surface area (Å²) in [4.78, 5) is 10.7. The molecule has 0 amide bonds. The van der Waals surface area contributed by atoms with Crippen LogP contribution in [0.4, 0.5) is 0 Å². The van der Waals surface area contributed by atoms with Gasteiger partial charge in [0.15, 0.2) is 0 Å². The normalized spacial score (nSPS) is 10.5.